The number of rotatable bonds is 5. The van der Waals surface area contributed by atoms with Gasteiger partial charge in [0.2, 0.25) is 0 Å². The number of hydrogen-bond donors (Lipinski definition) is 1. The van der Waals surface area contributed by atoms with Crippen molar-refractivity contribution in [2.75, 3.05) is 24.7 Å². The lowest BCUT2D eigenvalue weighted by atomic mass is 10.3. The topological polar surface area (TPSA) is 64.6 Å². The Balaban J connectivity index is 1.61. The molecule has 1 fully saturated rings. The van der Waals surface area contributed by atoms with Gasteiger partial charge in [0.15, 0.2) is 9.84 Å². The first-order valence-corrected chi connectivity index (χ1v) is 8.60. The van der Waals surface area contributed by atoms with Crippen molar-refractivity contribution in [1.29, 1.82) is 0 Å². The molecular formula is C13H17NO4S2. The standard InChI is InChI=1S/C13H17NO4S2/c15-20(16)9-6-11(10-20)14-13(19)18-8-7-17-12-4-2-1-3-5-12/h1-5,11H,6-10H2,(H,14,19). The Morgan fingerprint density at radius 1 is 1.30 bits per heavy atom. The second kappa shape index (κ2) is 6.90. The van der Waals surface area contributed by atoms with E-state index < -0.39 is 9.84 Å². The van der Waals surface area contributed by atoms with Crippen molar-refractivity contribution in [3.63, 3.8) is 0 Å². The third-order valence-corrected chi connectivity index (χ3v) is 4.89. The van der Waals surface area contributed by atoms with E-state index in [9.17, 15) is 8.42 Å². The van der Waals surface area contributed by atoms with Crippen LogP contribution in [0.1, 0.15) is 6.42 Å². The molecule has 5 nitrogen and oxygen atoms in total. The first-order valence-electron chi connectivity index (χ1n) is 6.37. The molecule has 1 aliphatic heterocycles. The molecule has 0 radical (unpaired) electrons. The monoisotopic (exact) mass is 315 g/mol. The van der Waals surface area contributed by atoms with Crippen LogP contribution in [0, 0.1) is 0 Å². The SMILES string of the molecule is O=S1(=O)CCC(NC(=S)OCCOc2ccccc2)C1. The Kier molecular flexibility index (Phi) is 5.19. The molecule has 1 aromatic carbocycles. The minimum Gasteiger partial charge on any atom is -0.490 e. The number of para-hydroxylation sites is 1. The number of sulfone groups is 1. The molecule has 1 N–H and O–H groups in total. The van der Waals surface area contributed by atoms with E-state index in [1.807, 2.05) is 30.3 Å². The van der Waals surface area contributed by atoms with Gasteiger partial charge in [0.05, 0.1) is 11.5 Å². The predicted octanol–water partition coefficient (Wildman–Crippen LogP) is 1.14. The zero-order valence-corrected chi connectivity index (χ0v) is 12.6. The maximum absolute atomic E-state index is 11.3. The van der Waals surface area contributed by atoms with Crippen molar-refractivity contribution in [2.24, 2.45) is 0 Å². The van der Waals surface area contributed by atoms with Crippen LogP contribution in [0.15, 0.2) is 30.3 Å². The van der Waals surface area contributed by atoms with E-state index in [4.69, 9.17) is 21.7 Å². The van der Waals surface area contributed by atoms with E-state index in [2.05, 4.69) is 5.32 Å². The molecule has 0 bridgehead atoms. The molecule has 1 heterocycles. The first-order chi connectivity index (χ1) is 9.55. The van der Waals surface area contributed by atoms with Crippen molar-refractivity contribution in [2.45, 2.75) is 12.5 Å². The Hall–Kier alpha value is -1.34. The smallest absolute Gasteiger partial charge is 0.256 e. The van der Waals surface area contributed by atoms with Crippen LogP contribution < -0.4 is 10.1 Å². The summed E-state index contributed by atoms with van der Waals surface area (Å²) in [6.07, 6.45) is 0.576. The second-order valence-electron chi connectivity index (χ2n) is 4.54. The lowest BCUT2D eigenvalue weighted by Gasteiger charge is -2.14. The summed E-state index contributed by atoms with van der Waals surface area (Å²) in [5.74, 6) is 1.11. The van der Waals surface area contributed by atoms with Crippen molar-refractivity contribution in [3.8, 4) is 5.75 Å². The zero-order valence-electron chi connectivity index (χ0n) is 10.9. The van der Waals surface area contributed by atoms with Crippen LogP contribution in [-0.2, 0) is 14.6 Å². The number of thiocarbonyl (C=S) groups is 1. The summed E-state index contributed by atoms with van der Waals surface area (Å²) in [6, 6.07) is 9.28. The molecule has 1 aromatic rings. The van der Waals surface area contributed by atoms with Gasteiger partial charge in [-0.1, -0.05) is 18.2 Å². The van der Waals surface area contributed by atoms with E-state index in [0.717, 1.165) is 5.75 Å². The van der Waals surface area contributed by atoms with Crippen LogP contribution in [0.3, 0.4) is 0 Å². The maximum atomic E-state index is 11.3. The van der Waals surface area contributed by atoms with Crippen LogP contribution in [-0.4, -0.2) is 44.4 Å². The molecule has 0 aliphatic carbocycles. The molecular weight excluding hydrogens is 298 g/mol. The molecule has 1 atom stereocenters. The highest BCUT2D eigenvalue weighted by Crippen LogP contribution is 2.11. The molecule has 0 aromatic heterocycles. The largest absolute Gasteiger partial charge is 0.490 e. The van der Waals surface area contributed by atoms with Gasteiger partial charge in [-0.05, 0) is 30.8 Å². The molecule has 110 valence electrons. The summed E-state index contributed by atoms with van der Waals surface area (Å²) in [6.45, 7) is 0.703. The number of benzene rings is 1. The molecule has 7 heteroatoms. The van der Waals surface area contributed by atoms with Gasteiger partial charge in [-0.15, -0.1) is 0 Å². The van der Waals surface area contributed by atoms with Gasteiger partial charge in [0.1, 0.15) is 19.0 Å². The van der Waals surface area contributed by atoms with Crippen molar-refractivity contribution >= 4 is 27.2 Å². The van der Waals surface area contributed by atoms with Gasteiger partial charge in [-0.2, -0.15) is 0 Å². The third kappa shape index (κ3) is 4.97. The van der Waals surface area contributed by atoms with E-state index in [1.165, 1.54) is 0 Å². The van der Waals surface area contributed by atoms with E-state index >= 15 is 0 Å². The lowest BCUT2D eigenvalue weighted by molar-refractivity contribution is 0.205. The zero-order chi connectivity index (χ0) is 14.4. The van der Waals surface area contributed by atoms with Crippen LogP contribution in [0.4, 0.5) is 0 Å². The third-order valence-electron chi connectivity index (χ3n) is 2.88. The highest BCUT2D eigenvalue weighted by molar-refractivity contribution is 7.91. The van der Waals surface area contributed by atoms with Crippen molar-refractivity contribution in [3.05, 3.63) is 30.3 Å². The summed E-state index contributed by atoms with van der Waals surface area (Å²) >= 11 is 5.01. The van der Waals surface area contributed by atoms with Gasteiger partial charge >= 0.3 is 0 Å². The normalized spacial score (nSPS) is 20.3. The van der Waals surface area contributed by atoms with Crippen LogP contribution >= 0.6 is 12.2 Å². The van der Waals surface area contributed by atoms with Crippen LogP contribution in [0.5, 0.6) is 5.75 Å². The van der Waals surface area contributed by atoms with Crippen molar-refractivity contribution < 1.29 is 17.9 Å². The van der Waals surface area contributed by atoms with Gasteiger partial charge < -0.3 is 14.8 Å². The number of ether oxygens (including phenoxy) is 2. The summed E-state index contributed by atoms with van der Waals surface area (Å²) in [4.78, 5) is 0. The van der Waals surface area contributed by atoms with Crippen LogP contribution in [0.25, 0.3) is 0 Å². The lowest BCUT2D eigenvalue weighted by Crippen LogP contribution is -2.36. The molecule has 2 rings (SSSR count). The molecule has 0 amide bonds. The summed E-state index contributed by atoms with van der Waals surface area (Å²) < 4.78 is 33.3. The average molecular weight is 315 g/mol. The quantitative estimate of drug-likeness (QED) is 0.649. The second-order valence-corrected chi connectivity index (χ2v) is 7.14. The average Bonchev–Trinajstić information content (AvgIpc) is 2.75. The molecule has 1 saturated heterocycles. The predicted molar refractivity (Wildman–Crippen MR) is 80.7 cm³/mol. The molecule has 1 unspecified atom stereocenters. The van der Waals surface area contributed by atoms with E-state index in [1.54, 1.807) is 0 Å². The van der Waals surface area contributed by atoms with Crippen molar-refractivity contribution in [1.82, 2.24) is 5.32 Å². The summed E-state index contributed by atoms with van der Waals surface area (Å²) in [5.41, 5.74) is 0. The number of hydrogen-bond acceptors (Lipinski definition) is 5. The highest BCUT2D eigenvalue weighted by atomic mass is 32.2. The Labute approximate surface area is 124 Å². The van der Waals surface area contributed by atoms with Crippen LogP contribution in [0.2, 0.25) is 0 Å². The highest BCUT2D eigenvalue weighted by Gasteiger charge is 2.28. The molecule has 0 spiro atoms. The molecule has 1 aliphatic rings. The fourth-order valence-corrected chi connectivity index (χ4v) is 3.85. The van der Waals surface area contributed by atoms with Gasteiger partial charge in [-0.3, -0.25) is 0 Å². The Bertz CT molecular complexity index is 545. The minimum atomic E-state index is -2.90. The maximum Gasteiger partial charge on any atom is 0.256 e. The molecule has 20 heavy (non-hydrogen) atoms. The minimum absolute atomic E-state index is 0.122. The first kappa shape index (κ1) is 15.1. The Morgan fingerprint density at radius 2 is 2.05 bits per heavy atom. The van der Waals surface area contributed by atoms with Gasteiger partial charge in [-0.25, -0.2) is 8.42 Å². The van der Waals surface area contributed by atoms with E-state index in [0.29, 0.717) is 19.6 Å². The number of nitrogens with one attached hydrogen (secondary N) is 1. The fraction of sp³-hybridized carbons (Fsp3) is 0.462. The van der Waals surface area contributed by atoms with Gasteiger partial charge in [0.25, 0.3) is 5.17 Å². The van der Waals surface area contributed by atoms with E-state index in [-0.39, 0.29) is 22.7 Å². The Morgan fingerprint density at radius 3 is 2.70 bits per heavy atom. The fourth-order valence-electron chi connectivity index (χ4n) is 1.93. The molecule has 0 saturated carbocycles. The van der Waals surface area contributed by atoms with Gasteiger partial charge in [0, 0.05) is 6.04 Å². The summed E-state index contributed by atoms with van der Waals surface area (Å²) in [7, 11) is -2.90. The summed E-state index contributed by atoms with van der Waals surface area (Å²) in [5, 5.41) is 3.13.